The van der Waals surface area contributed by atoms with Gasteiger partial charge in [-0.05, 0) is 43.5 Å². The smallest absolute Gasteiger partial charge is 0.274 e. The number of carbonyl (C=O) groups is 1. The highest BCUT2D eigenvalue weighted by Crippen LogP contribution is 2.20. The van der Waals surface area contributed by atoms with Gasteiger partial charge in [-0.3, -0.25) is 9.63 Å². The molecule has 0 bridgehead atoms. The molecule has 0 spiro atoms. The van der Waals surface area contributed by atoms with Gasteiger partial charge in [-0.25, -0.2) is 5.48 Å². The molecule has 1 saturated carbocycles. The van der Waals surface area contributed by atoms with Crippen molar-refractivity contribution < 1.29 is 14.4 Å². The van der Waals surface area contributed by atoms with Gasteiger partial charge in [0.15, 0.2) is 0 Å². The number of hydrogen-bond donors (Lipinski definition) is 1. The predicted molar refractivity (Wildman–Crippen MR) is 73.0 cm³/mol. The van der Waals surface area contributed by atoms with Crippen LogP contribution in [-0.4, -0.2) is 18.6 Å². The van der Waals surface area contributed by atoms with E-state index in [0.29, 0.717) is 12.2 Å². The van der Waals surface area contributed by atoms with Gasteiger partial charge < -0.3 is 4.74 Å². The minimum atomic E-state index is -0.200. The van der Waals surface area contributed by atoms with E-state index >= 15 is 0 Å². The number of nitrogens with one attached hydrogen (secondary N) is 1. The molecule has 104 valence electrons. The van der Waals surface area contributed by atoms with Crippen molar-refractivity contribution in [3.8, 4) is 5.75 Å². The zero-order chi connectivity index (χ0) is 13.5. The largest absolute Gasteiger partial charge is 0.494 e. The first-order valence-corrected chi connectivity index (χ1v) is 6.98. The van der Waals surface area contributed by atoms with Crippen molar-refractivity contribution in [2.24, 2.45) is 0 Å². The van der Waals surface area contributed by atoms with Crippen LogP contribution in [0.25, 0.3) is 0 Å². The Bertz CT molecular complexity index is 396. The van der Waals surface area contributed by atoms with Crippen LogP contribution in [0.4, 0.5) is 0 Å². The average molecular weight is 263 g/mol. The first kappa shape index (κ1) is 13.9. The van der Waals surface area contributed by atoms with Crippen LogP contribution in [-0.2, 0) is 4.84 Å². The highest BCUT2D eigenvalue weighted by atomic mass is 16.7. The lowest BCUT2D eigenvalue weighted by atomic mass is 10.2. The van der Waals surface area contributed by atoms with Crippen molar-refractivity contribution in [3.05, 3.63) is 29.8 Å². The Morgan fingerprint density at radius 1 is 1.26 bits per heavy atom. The number of benzene rings is 1. The summed E-state index contributed by atoms with van der Waals surface area (Å²) in [7, 11) is 0. The molecule has 1 N–H and O–H groups in total. The summed E-state index contributed by atoms with van der Waals surface area (Å²) in [6, 6.07) is 7.11. The highest BCUT2D eigenvalue weighted by Gasteiger charge is 2.17. The molecule has 0 atom stereocenters. The summed E-state index contributed by atoms with van der Waals surface area (Å²) in [5, 5.41) is 0. The van der Waals surface area contributed by atoms with E-state index in [-0.39, 0.29) is 12.0 Å². The van der Waals surface area contributed by atoms with Crippen LogP contribution >= 0.6 is 0 Å². The lowest BCUT2D eigenvalue weighted by Gasteiger charge is -2.11. The second-order valence-electron chi connectivity index (χ2n) is 4.83. The second kappa shape index (κ2) is 7.14. The van der Waals surface area contributed by atoms with E-state index in [1.807, 2.05) is 0 Å². The molecular formula is C15H21NO3. The maximum atomic E-state index is 11.8. The normalized spacial score (nSPS) is 15.4. The number of rotatable bonds is 6. The first-order chi connectivity index (χ1) is 9.29. The van der Waals surface area contributed by atoms with Crippen molar-refractivity contribution in [3.63, 3.8) is 0 Å². The SMILES string of the molecule is CCCOc1ccc(C(=O)NOC2CCCC2)cc1. The molecule has 1 aromatic carbocycles. The Morgan fingerprint density at radius 3 is 2.58 bits per heavy atom. The fourth-order valence-electron chi connectivity index (χ4n) is 2.12. The average Bonchev–Trinajstić information content (AvgIpc) is 2.96. The topological polar surface area (TPSA) is 47.6 Å². The van der Waals surface area contributed by atoms with E-state index in [9.17, 15) is 4.79 Å². The molecule has 0 aliphatic heterocycles. The third-order valence-corrected chi connectivity index (χ3v) is 3.21. The molecule has 2 rings (SSSR count). The Kier molecular flexibility index (Phi) is 5.21. The summed E-state index contributed by atoms with van der Waals surface area (Å²) in [6.07, 6.45) is 5.58. The first-order valence-electron chi connectivity index (χ1n) is 6.98. The number of carbonyl (C=O) groups excluding carboxylic acids is 1. The van der Waals surface area contributed by atoms with Crippen LogP contribution in [0.15, 0.2) is 24.3 Å². The van der Waals surface area contributed by atoms with E-state index in [0.717, 1.165) is 25.0 Å². The van der Waals surface area contributed by atoms with Crippen molar-refractivity contribution in [1.82, 2.24) is 5.48 Å². The Balaban J connectivity index is 1.81. The maximum absolute atomic E-state index is 11.8. The van der Waals surface area contributed by atoms with E-state index in [2.05, 4.69) is 12.4 Å². The van der Waals surface area contributed by atoms with Gasteiger partial charge in [0.25, 0.3) is 5.91 Å². The monoisotopic (exact) mass is 263 g/mol. The summed E-state index contributed by atoms with van der Waals surface area (Å²) in [6.45, 7) is 2.75. The second-order valence-corrected chi connectivity index (χ2v) is 4.83. The molecule has 0 radical (unpaired) electrons. The molecule has 4 heteroatoms. The predicted octanol–water partition coefficient (Wildman–Crippen LogP) is 3.08. The Morgan fingerprint density at radius 2 is 1.95 bits per heavy atom. The van der Waals surface area contributed by atoms with E-state index in [1.54, 1.807) is 24.3 Å². The zero-order valence-electron chi connectivity index (χ0n) is 11.4. The quantitative estimate of drug-likeness (QED) is 0.802. The van der Waals surface area contributed by atoms with Crippen LogP contribution in [0.3, 0.4) is 0 Å². The van der Waals surface area contributed by atoms with Gasteiger partial charge >= 0.3 is 0 Å². The van der Waals surface area contributed by atoms with Crippen molar-refractivity contribution in [2.75, 3.05) is 6.61 Å². The fraction of sp³-hybridized carbons (Fsp3) is 0.533. The summed E-state index contributed by atoms with van der Waals surface area (Å²) < 4.78 is 5.47. The molecule has 0 unspecified atom stereocenters. The standard InChI is InChI=1S/C15H21NO3/c1-2-11-18-13-9-7-12(8-10-13)15(17)16-19-14-5-3-4-6-14/h7-10,14H,2-6,11H2,1H3,(H,16,17). The van der Waals surface area contributed by atoms with Crippen LogP contribution in [0.2, 0.25) is 0 Å². The zero-order valence-corrected chi connectivity index (χ0v) is 11.4. The molecule has 1 aliphatic carbocycles. The molecular weight excluding hydrogens is 242 g/mol. The van der Waals surface area contributed by atoms with E-state index < -0.39 is 0 Å². The summed E-state index contributed by atoms with van der Waals surface area (Å²) in [4.78, 5) is 17.2. The van der Waals surface area contributed by atoms with E-state index in [1.165, 1.54) is 12.8 Å². The third-order valence-electron chi connectivity index (χ3n) is 3.21. The van der Waals surface area contributed by atoms with Crippen LogP contribution in [0, 0.1) is 0 Å². The molecule has 0 saturated heterocycles. The van der Waals surface area contributed by atoms with Gasteiger partial charge in [0.1, 0.15) is 5.75 Å². The van der Waals surface area contributed by atoms with Crippen LogP contribution in [0.5, 0.6) is 5.75 Å². The molecule has 0 aromatic heterocycles. The van der Waals surface area contributed by atoms with Crippen LogP contribution < -0.4 is 10.2 Å². The minimum absolute atomic E-state index is 0.177. The minimum Gasteiger partial charge on any atom is -0.494 e. The Hall–Kier alpha value is -1.55. The van der Waals surface area contributed by atoms with Gasteiger partial charge in [0, 0.05) is 5.56 Å². The molecule has 0 heterocycles. The Labute approximate surface area is 114 Å². The van der Waals surface area contributed by atoms with Gasteiger partial charge in [0.05, 0.1) is 12.7 Å². The molecule has 1 aliphatic rings. The molecule has 4 nitrogen and oxygen atoms in total. The number of amides is 1. The molecule has 1 amide bonds. The highest BCUT2D eigenvalue weighted by molar-refractivity contribution is 5.93. The number of hydroxylamine groups is 1. The van der Waals surface area contributed by atoms with Crippen molar-refractivity contribution in [1.29, 1.82) is 0 Å². The number of ether oxygens (including phenoxy) is 1. The number of hydrogen-bond acceptors (Lipinski definition) is 3. The fourth-order valence-corrected chi connectivity index (χ4v) is 2.12. The van der Waals surface area contributed by atoms with E-state index in [4.69, 9.17) is 9.57 Å². The molecule has 1 aromatic rings. The maximum Gasteiger partial charge on any atom is 0.274 e. The lowest BCUT2D eigenvalue weighted by molar-refractivity contribution is -0.0124. The van der Waals surface area contributed by atoms with Crippen molar-refractivity contribution >= 4 is 5.91 Å². The molecule has 1 fully saturated rings. The van der Waals surface area contributed by atoms with Gasteiger partial charge in [-0.15, -0.1) is 0 Å². The summed E-state index contributed by atoms with van der Waals surface area (Å²) in [5.74, 6) is 0.587. The van der Waals surface area contributed by atoms with Crippen LogP contribution in [0.1, 0.15) is 49.4 Å². The summed E-state index contributed by atoms with van der Waals surface area (Å²) >= 11 is 0. The third kappa shape index (κ3) is 4.24. The van der Waals surface area contributed by atoms with Gasteiger partial charge in [-0.1, -0.05) is 19.8 Å². The van der Waals surface area contributed by atoms with Gasteiger partial charge in [0.2, 0.25) is 0 Å². The van der Waals surface area contributed by atoms with Gasteiger partial charge in [-0.2, -0.15) is 0 Å². The van der Waals surface area contributed by atoms with Crippen molar-refractivity contribution in [2.45, 2.75) is 45.1 Å². The summed E-state index contributed by atoms with van der Waals surface area (Å²) in [5.41, 5.74) is 3.11. The lowest BCUT2D eigenvalue weighted by Crippen LogP contribution is -2.28. The molecule has 19 heavy (non-hydrogen) atoms.